The molecular weight excluding hydrogens is 332 g/mol. The maximum atomic E-state index is 12.3. The molecular formula is C16H20N2O5S. The molecule has 1 aromatic rings. The number of fused-ring (bicyclic) bond motifs is 1. The molecule has 0 aliphatic carbocycles. The van der Waals surface area contributed by atoms with Crippen molar-refractivity contribution in [2.24, 2.45) is 0 Å². The number of sulfone groups is 1. The minimum Gasteiger partial charge on any atom is -0.423 e. The van der Waals surface area contributed by atoms with Crippen molar-refractivity contribution >= 4 is 27.4 Å². The highest BCUT2D eigenvalue weighted by molar-refractivity contribution is 7.91. The molecule has 7 nitrogen and oxygen atoms in total. The van der Waals surface area contributed by atoms with E-state index in [0.29, 0.717) is 5.69 Å². The van der Waals surface area contributed by atoms with Crippen LogP contribution in [0.3, 0.4) is 0 Å². The Hall–Kier alpha value is -2.09. The summed E-state index contributed by atoms with van der Waals surface area (Å²) in [5.74, 6) is -0.368. The number of benzene rings is 1. The topological polar surface area (TPSA) is 84.0 Å². The molecule has 24 heavy (non-hydrogen) atoms. The monoisotopic (exact) mass is 352 g/mol. The largest absolute Gasteiger partial charge is 0.423 e. The number of carbonyl (C=O) groups is 2. The highest BCUT2D eigenvalue weighted by Crippen LogP contribution is 2.34. The molecule has 0 N–H and O–H groups in total. The fourth-order valence-electron chi connectivity index (χ4n) is 2.96. The van der Waals surface area contributed by atoms with Crippen molar-refractivity contribution in [3.63, 3.8) is 0 Å². The third kappa shape index (κ3) is 3.24. The van der Waals surface area contributed by atoms with Gasteiger partial charge in [-0.15, -0.1) is 0 Å². The molecule has 2 heterocycles. The van der Waals surface area contributed by atoms with Crippen LogP contribution in [-0.4, -0.2) is 57.1 Å². The van der Waals surface area contributed by atoms with Crippen LogP contribution in [0.15, 0.2) is 23.1 Å². The van der Waals surface area contributed by atoms with Gasteiger partial charge in [0.1, 0.15) is 6.54 Å². The molecule has 0 saturated carbocycles. The van der Waals surface area contributed by atoms with Gasteiger partial charge in [0.2, 0.25) is 5.91 Å². The summed E-state index contributed by atoms with van der Waals surface area (Å²) in [6.45, 7) is 3.12. The minimum absolute atomic E-state index is 0.0214. The Kier molecular flexibility index (Phi) is 4.49. The highest BCUT2D eigenvalue weighted by Gasteiger charge is 2.29. The van der Waals surface area contributed by atoms with Crippen LogP contribution in [-0.2, 0) is 19.4 Å². The first-order chi connectivity index (χ1) is 11.4. The number of nitrogens with zero attached hydrogens (tertiary/aromatic N) is 2. The number of esters is 1. The second-order valence-electron chi connectivity index (χ2n) is 5.95. The summed E-state index contributed by atoms with van der Waals surface area (Å²) in [6.07, 6.45) is 2.01. The van der Waals surface area contributed by atoms with Crippen LogP contribution in [0.25, 0.3) is 0 Å². The number of amides is 1. The second-order valence-corrected chi connectivity index (χ2v) is 8.23. The summed E-state index contributed by atoms with van der Waals surface area (Å²) in [6, 6.07) is 4.45. The quantitative estimate of drug-likeness (QED) is 0.589. The van der Waals surface area contributed by atoms with Crippen LogP contribution in [0.5, 0.6) is 5.75 Å². The third-order valence-corrected chi connectivity index (χ3v) is 6.07. The third-order valence-electron chi connectivity index (χ3n) is 4.34. The molecule has 0 atom stereocenters. The van der Waals surface area contributed by atoms with E-state index in [-0.39, 0.29) is 35.4 Å². The van der Waals surface area contributed by atoms with Gasteiger partial charge in [-0.05, 0) is 25.0 Å². The van der Waals surface area contributed by atoms with Crippen LogP contribution < -0.4 is 9.64 Å². The molecule has 130 valence electrons. The summed E-state index contributed by atoms with van der Waals surface area (Å²) >= 11 is 0. The lowest BCUT2D eigenvalue weighted by molar-refractivity contribution is -0.133. The van der Waals surface area contributed by atoms with Crippen molar-refractivity contribution in [3.8, 4) is 5.75 Å². The van der Waals surface area contributed by atoms with Crippen LogP contribution in [0, 0.1) is 0 Å². The molecule has 2 aliphatic heterocycles. The molecule has 0 unspecified atom stereocenters. The summed E-state index contributed by atoms with van der Waals surface area (Å²) < 4.78 is 29.2. The molecule has 1 saturated heterocycles. The predicted molar refractivity (Wildman–Crippen MR) is 87.8 cm³/mol. The number of hydrogen-bond donors (Lipinski definition) is 0. The Morgan fingerprint density at radius 2 is 1.96 bits per heavy atom. The van der Waals surface area contributed by atoms with Crippen molar-refractivity contribution in [3.05, 3.63) is 18.2 Å². The smallest absolute Gasteiger partial charge is 0.331 e. The number of hydrogen-bond acceptors (Lipinski definition) is 6. The van der Waals surface area contributed by atoms with Gasteiger partial charge in [0, 0.05) is 19.2 Å². The zero-order valence-electron chi connectivity index (χ0n) is 13.5. The normalized spacial score (nSPS) is 17.6. The Labute approximate surface area is 141 Å². The molecule has 0 aromatic heterocycles. The zero-order chi connectivity index (χ0) is 17.3. The van der Waals surface area contributed by atoms with Gasteiger partial charge < -0.3 is 14.5 Å². The maximum Gasteiger partial charge on any atom is 0.331 e. The molecule has 0 radical (unpaired) electrons. The second kappa shape index (κ2) is 6.43. The number of likely N-dealkylation sites (tertiary alicyclic amines) is 1. The minimum atomic E-state index is -3.39. The number of carbonyl (C=O) groups excluding carboxylic acids is 2. The van der Waals surface area contributed by atoms with E-state index in [4.69, 9.17) is 4.74 Å². The molecule has 1 amide bonds. The fraction of sp³-hybridized carbons (Fsp3) is 0.500. The Balaban J connectivity index is 1.86. The predicted octanol–water partition coefficient (Wildman–Crippen LogP) is 0.828. The molecule has 0 bridgehead atoms. The van der Waals surface area contributed by atoms with E-state index in [2.05, 4.69) is 0 Å². The van der Waals surface area contributed by atoms with Crippen LogP contribution in [0.4, 0.5) is 5.69 Å². The Morgan fingerprint density at radius 3 is 2.62 bits per heavy atom. The van der Waals surface area contributed by atoms with E-state index in [1.807, 2.05) is 0 Å². The van der Waals surface area contributed by atoms with E-state index in [0.717, 1.165) is 25.9 Å². The van der Waals surface area contributed by atoms with Crippen LogP contribution in [0.1, 0.15) is 19.8 Å². The van der Waals surface area contributed by atoms with Gasteiger partial charge in [-0.1, -0.05) is 6.92 Å². The lowest BCUT2D eigenvalue weighted by Gasteiger charge is -2.30. The highest BCUT2D eigenvalue weighted by atomic mass is 32.2. The van der Waals surface area contributed by atoms with E-state index in [1.54, 1.807) is 22.8 Å². The van der Waals surface area contributed by atoms with Crippen molar-refractivity contribution in [1.29, 1.82) is 0 Å². The average molecular weight is 352 g/mol. The van der Waals surface area contributed by atoms with Crippen molar-refractivity contribution in [2.45, 2.75) is 24.7 Å². The van der Waals surface area contributed by atoms with Crippen molar-refractivity contribution in [1.82, 2.24) is 4.90 Å². The van der Waals surface area contributed by atoms with Gasteiger partial charge in [0.25, 0.3) is 0 Å². The van der Waals surface area contributed by atoms with Gasteiger partial charge in [-0.25, -0.2) is 13.2 Å². The molecule has 8 heteroatoms. The first-order valence-electron chi connectivity index (χ1n) is 8.01. The average Bonchev–Trinajstić information content (AvgIpc) is 3.08. The van der Waals surface area contributed by atoms with Gasteiger partial charge in [-0.3, -0.25) is 4.79 Å². The first kappa shape index (κ1) is 16.8. The Morgan fingerprint density at radius 1 is 1.25 bits per heavy atom. The molecule has 2 aliphatic rings. The van der Waals surface area contributed by atoms with E-state index in [1.165, 1.54) is 12.1 Å². The lowest BCUT2D eigenvalue weighted by atomic mass is 10.2. The van der Waals surface area contributed by atoms with E-state index >= 15 is 0 Å². The number of rotatable bonds is 4. The van der Waals surface area contributed by atoms with Gasteiger partial charge in [-0.2, -0.15) is 0 Å². The van der Waals surface area contributed by atoms with E-state index in [9.17, 15) is 18.0 Å². The summed E-state index contributed by atoms with van der Waals surface area (Å²) in [5, 5.41) is 0. The zero-order valence-corrected chi connectivity index (χ0v) is 14.3. The van der Waals surface area contributed by atoms with Crippen molar-refractivity contribution < 1.29 is 22.7 Å². The van der Waals surface area contributed by atoms with Gasteiger partial charge in [0.05, 0.1) is 22.9 Å². The van der Waals surface area contributed by atoms with Gasteiger partial charge >= 0.3 is 5.97 Å². The molecule has 1 fully saturated rings. The van der Waals surface area contributed by atoms with E-state index < -0.39 is 15.8 Å². The Bertz CT molecular complexity index is 769. The maximum absolute atomic E-state index is 12.3. The van der Waals surface area contributed by atoms with Crippen LogP contribution in [0.2, 0.25) is 0 Å². The number of ether oxygens (including phenoxy) is 1. The SMILES string of the molecule is CCS(=O)(=O)c1ccc2c(c1)OC(=O)CN2CC(=O)N1CCCC1. The van der Waals surface area contributed by atoms with Crippen LogP contribution >= 0.6 is 0 Å². The lowest BCUT2D eigenvalue weighted by Crippen LogP contribution is -2.44. The van der Waals surface area contributed by atoms with Crippen molar-refractivity contribution in [2.75, 3.05) is 36.8 Å². The van der Waals surface area contributed by atoms with Gasteiger partial charge in [0.15, 0.2) is 15.6 Å². The summed E-state index contributed by atoms with van der Waals surface area (Å²) in [5.41, 5.74) is 0.567. The molecule has 3 rings (SSSR count). The number of anilines is 1. The summed E-state index contributed by atoms with van der Waals surface area (Å²) in [4.78, 5) is 27.7. The standard InChI is InChI=1S/C16H20N2O5S/c1-2-24(21,22)12-5-6-13-14(9-12)23-16(20)11-18(13)10-15(19)17-7-3-4-8-17/h5-6,9H,2-4,7-8,10-11H2,1H3. The first-order valence-corrected chi connectivity index (χ1v) is 9.66. The summed E-state index contributed by atoms with van der Waals surface area (Å²) in [7, 11) is -3.39. The molecule has 0 spiro atoms. The molecule has 1 aromatic carbocycles. The fourth-order valence-corrected chi connectivity index (χ4v) is 3.86.